The van der Waals surface area contributed by atoms with Crippen molar-refractivity contribution in [2.45, 2.75) is 57.5 Å². The van der Waals surface area contributed by atoms with Crippen molar-refractivity contribution in [3.05, 3.63) is 60.3 Å². The molecule has 3 aromatic rings. The Morgan fingerprint density at radius 2 is 1.86 bits per heavy atom. The van der Waals surface area contributed by atoms with Gasteiger partial charge in [-0.2, -0.15) is 5.10 Å². The molecule has 190 valence electrons. The van der Waals surface area contributed by atoms with Gasteiger partial charge in [0.1, 0.15) is 5.75 Å². The normalized spacial score (nSPS) is 17.9. The van der Waals surface area contributed by atoms with Gasteiger partial charge >= 0.3 is 5.97 Å². The van der Waals surface area contributed by atoms with Gasteiger partial charge in [-0.25, -0.2) is 9.48 Å². The highest BCUT2D eigenvalue weighted by Crippen LogP contribution is 2.34. The van der Waals surface area contributed by atoms with Crippen molar-refractivity contribution in [2.24, 2.45) is 0 Å². The van der Waals surface area contributed by atoms with Crippen LogP contribution in [-0.4, -0.2) is 58.9 Å². The summed E-state index contributed by atoms with van der Waals surface area (Å²) in [7, 11) is 1.35. The molecule has 36 heavy (non-hydrogen) atoms. The summed E-state index contributed by atoms with van der Waals surface area (Å²) in [5, 5.41) is 15.1. The van der Waals surface area contributed by atoms with Crippen molar-refractivity contribution in [3.8, 4) is 22.7 Å². The van der Waals surface area contributed by atoms with Crippen LogP contribution < -0.4 is 9.64 Å². The molecule has 8 heteroatoms. The number of hydrogen-bond acceptors (Lipinski definition) is 7. The van der Waals surface area contributed by atoms with Crippen LogP contribution in [0.1, 0.15) is 38.8 Å². The Labute approximate surface area is 211 Å². The lowest BCUT2D eigenvalue weighted by atomic mass is 10.1. The maximum Gasteiger partial charge on any atom is 0.337 e. The number of aliphatic hydroxyl groups is 1. The minimum absolute atomic E-state index is 0.144. The van der Waals surface area contributed by atoms with Crippen LogP contribution in [0, 0.1) is 0 Å². The molecular formula is C28H33N3O5. The Hall–Kier alpha value is -3.36. The SMILES string of the molecule is COC(=O)C(C)(C)OCc1cc(-c2cccc(OC3CC3)c2)n(-c2ccccc2N2CC[C@@H](O)C2)n1. The number of carbonyl (C=O) groups is 1. The van der Waals surface area contributed by atoms with Gasteiger partial charge in [0.05, 0.1) is 48.7 Å². The molecule has 1 aliphatic heterocycles. The van der Waals surface area contributed by atoms with Crippen LogP contribution in [0.25, 0.3) is 16.9 Å². The molecule has 8 nitrogen and oxygen atoms in total. The quantitative estimate of drug-likeness (QED) is 0.451. The first-order valence-corrected chi connectivity index (χ1v) is 12.4. The molecule has 1 saturated carbocycles. The summed E-state index contributed by atoms with van der Waals surface area (Å²) in [6.07, 6.45) is 2.89. The van der Waals surface area contributed by atoms with Gasteiger partial charge in [0.25, 0.3) is 0 Å². The van der Waals surface area contributed by atoms with Crippen LogP contribution >= 0.6 is 0 Å². The van der Waals surface area contributed by atoms with Crippen molar-refractivity contribution >= 4 is 11.7 Å². The van der Waals surface area contributed by atoms with Gasteiger partial charge in [0.2, 0.25) is 0 Å². The highest BCUT2D eigenvalue weighted by atomic mass is 16.6. The number of anilines is 1. The van der Waals surface area contributed by atoms with E-state index in [2.05, 4.69) is 11.0 Å². The lowest BCUT2D eigenvalue weighted by Crippen LogP contribution is -2.35. The highest BCUT2D eigenvalue weighted by Gasteiger charge is 2.30. The van der Waals surface area contributed by atoms with Crippen molar-refractivity contribution < 1.29 is 24.1 Å². The van der Waals surface area contributed by atoms with Gasteiger partial charge in [-0.3, -0.25) is 0 Å². The third kappa shape index (κ3) is 5.24. The molecule has 0 radical (unpaired) electrons. The monoisotopic (exact) mass is 491 g/mol. The summed E-state index contributed by atoms with van der Waals surface area (Å²) in [6, 6.07) is 18.1. The van der Waals surface area contributed by atoms with E-state index < -0.39 is 11.6 Å². The molecule has 0 unspecified atom stereocenters. The van der Waals surface area contributed by atoms with Crippen LogP contribution in [0.3, 0.4) is 0 Å². The molecule has 2 heterocycles. The summed E-state index contributed by atoms with van der Waals surface area (Å²) >= 11 is 0. The second-order valence-corrected chi connectivity index (χ2v) is 9.95. The first kappa shape index (κ1) is 24.3. The second-order valence-electron chi connectivity index (χ2n) is 9.95. The number of aromatic nitrogens is 2. The first-order chi connectivity index (χ1) is 17.3. The Bertz CT molecular complexity index is 1230. The molecule has 1 aromatic heterocycles. The molecule has 1 N–H and O–H groups in total. The van der Waals surface area contributed by atoms with Crippen molar-refractivity contribution in [1.82, 2.24) is 9.78 Å². The second kappa shape index (κ2) is 9.95. The summed E-state index contributed by atoms with van der Waals surface area (Å²) in [5.41, 5.74) is 3.36. The van der Waals surface area contributed by atoms with Crippen LogP contribution in [0.4, 0.5) is 5.69 Å². The van der Waals surface area contributed by atoms with Crippen LogP contribution in [-0.2, 0) is 20.9 Å². The molecule has 0 bridgehead atoms. The summed E-state index contributed by atoms with van der Waals surface area (Å²) in [4.78, 5) is 14.3. The molecule has 5 rings (SSSR count). The standard InChI is InChI=1S/C28H33N3O5/c1-28(2,27(33)34-3)35-18-20-16-26(19-7-6-8-23(15-19)36-22-11-12-22)31(29-20)25-10-5-4-9-24(25)30-14-13-21(32)17-30/h4-10,15-16,21-22,32H,11-14,17-18H2,1-3H3/t21-/m1/s1. The zero-order chi connectivity index (χ0) is 25.3. The molecular weight excluding hydrogens is 458 g/mol. The first-order valence-electron chi connectivity index (χ1n) is 12.4. The van der Waals surface area contributed by atoms with Gasteiger partial charge in [-0.15, -0.1) is 0 Å². The Morgan fingerprint density at radius 3 is 2.56 bits per heavy atom. The molecule has 2 aliphatic rings. The zero-order valence-electron chi connectivity index (χ0n) is 21.0. The van der Waals surface area contributed by atoms with Crippen LogP contribution in [0.5, 0.6) is 5.75 Å². The van der Waals surface area contributed by atoms with E-state index >= 15 is 0 Å². The lowest BCUT2D eigenvalue weighted by molar-refractivity contribution is -0.166. The van der Waals surface area contributed by atoms with E-state index in [9.17, 15) is 9.90 Å². The van der Waals surface area contributed by atoms with E-state index in [0.717, 1.165) is 54.2 Å². The fraction of sp³-hybridized carbons (Fsp3) is 0.429. The minimum Gasteiger partial charge on any atom is -0.490 e. The summed E-state index contributed by atoms with van der Waals surface area (Å²) in [5.74, 6) is 0.397. The zero-order valence-corrected chi connectivity index (χ0v) is 21.0. The number of β-amino-alcohol motifs (C(OH)–C–C–N with tert-alkyl or cyclic N) is 1. The predicted molar refractivity (Wildman–Crippen MR) is 136 cm³/mol. The van der Waals surface area contributed by atoms with E-state index in [1.54, 1.807) is 13.8 Å². The molecule has 0 spiro atoms. The number of methoxy groups -OCH3 is 1. The summed E-state index contributed by atoms with van der Waals surface area (Å²) in [6.45, 7) is 4.88. The molecule has 1 saturated heterocycles. The Balaban J connectivity index is 1.53. The highest BCUT2D eigenvalue weighted by molar-refractivity contribution is 5.78. The number of nitrogens with zero attached hydrogens (tertiary/aromatic N) is 3. The van der Waals surface area contributed by atoms with Crippen LogP contribution in [0.15, 0.2) is 54.6 Å². The van der Waals surface area contributed by atoms with E-state index in [1.165, 1.54) is 7.11 Å². The lowest BCUT2D eigenvalue weighted by Gasteiger charge is -2.22. The number of esters is 1. The number of rotatable bonds is 9. The summed E-state index contributed by atoms with van der Waals surface area (Å²) < 4.78 is 18.8. The molecule has 0 amide bonds. The predicted octanol–water partition coefficient (Wildman–Crippen LogP) is 4.12. The van der Waals surface area contributed by atoms with Gasteiger partial charge in [0.15, 0.2) is 5.60 Å². The average Bonchev–Trinajstić information content (AvgIpc) is 3.42. The van der Waals surface area contributed by atoms with Crippen molar-refractivity contribution in [3.63, 3.8) is 0 Å². The molecule has 2 fully saturated rings. The number of aliphatic hydroxyl groups excluding tert-OH is 1. The average molecular weight is 492 g/mol. The fourth-order valence-electron chi connectivity index (χ4n) is 4.43. The third-order valence-electron chi connectivity index (χ3n) is 6.59. The smallest absolute Gasteiger partial charge is 0.337 e. The van der Waals surface area contributed by atoms with E-state index in [4.69, 9.17) is 19.3 Å². The number of para-hydroxylation sites is 2. The fourth-order valence-corrected chi connectivity index (χ4v) is 4.43. The van der Waals surface area contributed by atoms with E-state index in [-0.39, 0.29) is 12.7 Å². The van der Waals surface area contributed by atoms with E-state index in [0.29, 0.717) is 18.3 Å². The van der Waals surface area contributed by atoms with Gasteiger partial charge in [0, 0.05) is 18.7 Å². The minimum atomic E-state index is -1.10. The number of benzene rings is 2. The van der Waals surface area contributed by atoms with Gasteiger partial charge < -0.3 is 24.2 Å². The van der Waals surface area contributed by atoms with Crippen molar-refractivity contribution in [1.29, 1.82) is 0 Å². The Morgan fingerprint density at radius 1 is 1.08 bits per heavy atom. The van der Waals surface area contributed by atoms with Gasteiger partial charge in [-0.05, 0) is 63.4 Å². The van der Waals surface area contributed by atoms with Gasteiger partial charge in [-0.1, -0.05) is 24.3 Å². The number of carbonyl (C=O) groups excluding carboxylic acids is 1. The maximum atomic E-state index is 12.1. The molecule has 2 aromatic carbocycles. The largest absolute Gasteiger partial charge is 0.490 e. The number of hydrogen-bond donors (Lipinski definition) is 1. The topological polar surface area (TPSA) is 86.1 Å². The molecule has 1 aliphatic carbocycles. The maximum absolute atomic E-state index is 12.1. The van der Waals surface area contributed by atoms with Crippen molar-refractivity contribution in [2.75, 3.05) is 25.1 Å². The number of ether oxygens (including phenoxy) is 3. The Kier molecular flexibility index (Phi) is 6.73. The molecule has 1 atom stereocenters. The third-order valence-corrected chi connectivity index (χ3v) is 6.59. The van der Waals surface area contributed by atoms with Crippen LogP contribution in [0.2, 0.25) is 0 Å². The van der Waals surface area contributed by atoms with E-state index in [1.807, 2.05) is 53.2 Å².